The highest BCUT2D eigenvalue weighted by atomic mass is 19.4. The highest BCUT2D eigenvalue weighted by molar-refractivity contribution is 5.84. The van der Waals surface area contributed by atoms with E-state index in [1.807, 2.05) is 22.9 Å². The monoisotopic (exact) mass is 1310 g/mol. The van der Waals surface area contributed by atoms with E-state index in [-0.39, 0.29) is 104 Å². The summed E-state index contributed by atoms with van der Waals surface area (Å²) in [6.45, 7) is 4.89. The van der Waals surface area contributed by atoms with Gasteiger partial charge in [0.2, 0.25) is 17.7 Å². The van der Waals surface area contributed by atoms with Gasteiger partial charge in [0.15, 0.2) is 29.8 Å². The van der Waals surface area contributed by atoms with Gasteiger partial charge in [-0.2, -0.15) is 26.3 Å². The van der Waals surface area contributed by atoms with E-state index in [1.54, 1.807) is 0 Å². The van der Waals surface area contributed by atoms with Crippen LogP contribution in [0.3, 0.4) is 0 Å². The first kappa shape index (κ1) is 67.8. The standard InChI is InChI=1S/C61H79F6N7O18/c1-56(2)87-48-46(72-55(79)61(65,66)67)52-86-53-57(3)88-47-45(71-54(78)60(62,63)64)51-85-34-58(91-51,49(47)90-57)33-83-24-10-19-68-42(75)17-25-80-30-38(31-81-26-18-43(76)69-20-27-84-35-59(53,92-52)50(48)89-56)70-44(77)32-82-28-23-73-22-16-39-37(13-9-15-41(39)73)29-74-21-8-7-14-40(74)36-11-5-4-6-12-36/h4-6,9,11-13,15-16,22,38,40,45-53H,7-8,10,14,17-21,23-35H2,1-3H3,(H,68,75)(H,69,76)(H,70,77)(H,71,78)(H,72,79)/t38?,40?,45-,46-,47-,48-,49-,50-,51+,52-,53?,57?,58+,59-/m1/s1. The Bertz CT molecular complexity index is 3080. The van der Waals surface area contributed by atoms with Crippen LogP contribution >= 0.6 is 0 Å². The van der Waals surface area contributed by atoms with Crippen molar-refractivity contribution in [3.8, 4) is 0 Å². The van der Waals surface area contributed by atoms with Gasteiger partial charge in [-0.15, -0.1) is 0 Å². The normalized spacial score (nSPS) is 34.6. The van der Waals surface area contributed by atoms with Crippen molar-refractivity contribution in [2.75, 3.05) is 92.3 Å². The number of rotatable bonds is 11. The first-order valence-corrected chi connectivity index (χ1v) is 31.1. The van der Waals surface area contributed by atoms with Crippen molar-refractivity contribution < 1.29 is 112 Å². The molecule has 2 aromatic carbocycles. The van der Waals surface area contributed by atoms with E-state index in [9.17, 15) is 50.3 Å². The van der Waals surface area contributed by atoms with Crippen molar-refractivity contribution >= 4 is 40.4 Å². The molecule has 8 saturated heterocycles. The lowest BCUT2D eigenvalue weighted by Crippen LogP contribution is -2.69. The Hall–Kier alpha value is -5.65. The highest BCUT2D eigenvalue weighted by Crippen LogP contribution is 2.56. The summed E-state index contributed by atoms with van der Waals surface area (Å²) in [5.41, 5.74) is 0.0198. The summed E-state index contributed by atoms with van der Waals surface area (Å²) in [5, 5.41) is 13.3. The average molecular weight is 1310 g/mol. The topological polar surface area (TPSA) is 274 Å². The van der Waals surface area contributed by atoms with E-state index in [0.717, 1.165) is 36.8 Å². The molecule has 0 aliphatic carbocycles. The molecule has 11 rings (SSSR count). The van der Waals surface area contributed by atoms with Crippen molar-refractivity contribution in [1.29, 1.82) is 0 Å². The number of fused-ring (bicyclic) bond motifs is 6. The molecule has 0 radical (unpaired) electrons. The van der Waals surface area contributed by atoms with E-state index in [2.05, 4.69) is 73.9 Å². The third-order valence-electron chi connectivity index (χ3n) is 17.7. The molecule has 2 spiro atoms. The molecule has 4 unspecified atom stereocenters. The van der Waals surface area contributed by atoms with Gasteiger partial charge in [0, 0.05) is 68.8 Å². The Kier molecular flexibility index (Phi) is 20.9. The predicted octanol–water partition coefficient (Wildman–Crippen LogP) is 3.09. The quantitative estimate of drug-likeness (QED) is 0.136. The molecule has 6 bridgehead atoms. The van der Waals surface area contributed by atoms with Gasteiger partial charge < -0.3 is 92.7 Å². The van der Waals surface area contributed by atoms with Crippen molar-refractivity contribution in [2.24, 2.45) is 0 Å². The maximum atomic E-state index is 13.9. The van der Waals surface area contributed by atoms with Gasteiger partial charge in [-0.1, -0.05) is 48.9 Å². The van der Waals surface area contributed by atoms with Crippen molar-refractivity contribution in [2.45, 2.75) is 175 Å². The lowest BCUT2D eigenvalue weighted by atomic mass is 9.81. The van der Waals surface area contributed by atoms with Gasteiger partial charge in [-0.25, -0.2) is 0 Å². The first-order valence-electron chi connectivity index (χ1n) is 31.1. The number of benzene rings is 2. The summed E-state index contributed by atoms with van der Waals surface area (Å²) >= 11 is 0. The van der Waals surface area contributed by atoms with E-state index in [0.29, 0.717) is 12.6 Å². The lowest BCUT2D eigenvalue weighted by Gasteiger charge is -2.46. The number of halogens is 6. The molecular weight excluding hydrogens is 1230 g/mol. The fourth-order valence-electron chi connectivity index (χ4n) is 13.6. The number of carbonyl (C=O) groups is 5. The SMILES string of the molecule is CC1(C)O[C@@H]2[C@@H](NC(=O)C(F)(F)F)[C@@H]3OC4C5(C)O[C@@H]6[C@@H](NC(=O)C(F)(F)F)[C@H]7OC[C@](COCCCNC(=O)CCOCC(NC(=O)COCCn8ccc9c(CN%10CCCCC%10c%10ccccc%10)cccc98)COCCC(=O)NCCOC[C@@]4(O3)[C@@H]2O1)(O7)[C@@H]6O5. The molecule has 8 fully saturated rings. The van der Waals surface area contributed by atoms with Gasteiger partial charge in [0.1, 0.15) is 54.8 Å². The van der Waals surface area contributed by atoms with Crippen LogP contribution in [0, 0.1) is 0 Å². The number of piperidine rings is 1. The zero-order valence-electron chi connectivity index (χ0n) is 51.2. The summed E-state index contributed by atoms with van der Waals surface area (Å²) < 4.78 is 166. The molecule has 3 aromatic rings. The minimum atomic E-state index is -5.37. The fraction of sp³-hybridized carbons (Fsp3) is 0.689. The molecule has 25 nitrogen and oxygen atoms in total. The second-order valence-electron chi connectivity index (χ2n) is 24.8. The highest BCUT2D eigenvalue weighted by Gasteiger charge is 2.77. The number of amides is 5. The summed E-state index contributed by atoms with van der Waals surface area (Å²) in [6, 6.07) is 15.3. The molecule has 5 amide bonds. The van der Waals surface area contributed by atoms with Crippen LogP contribution in [0.1, 0.15) is 76.5 Å². The zero-order valence-corrected chi connectivity index (χ0v) is 51.2. The summed E-state index contributed by atoms with van der Waals surface area (Å²) in [6.07, 6.45) is -16.0. The van der Waals surface area contributed by atoms with Crippen LogP contribution in [0.15, 0.2) is 60.8 Å². The number of carbonyl (C=O) groups excluding carboxylic acids is 5. The van der Waals surface area contributed by atoms with Crippen LogP contribution in [0.4, 0.5) is 26.3 Å². The number of nitrogens with zero attached hydrogens (tertiary/aromatic N) is 2. The van der Waals surface area contributed by atoms with Gasteiger partial charge >= 0.3 is 24.2 Å². The molecule has 1 aromatic heterocycles. The molecule has 508 valence electrons. The zero-order chi connectivity index (χ0) is 65.1. The van der Waals surface area contributed by atoms with E-state index < -0.39 is 127 Å². The number of hydrogen-bond acceptors (Lipinski definition) is 19. The fourth-order valence-corrected chi connectivity index (χ4v) is 13.6. The summed E-state index contributed by atoms with van der Waals surface area (Å²) in [5.74, 6) is -9.70. The Morgan fingerprint density at radius 2 is 1.38 bits per heavy atom. The van der Waals surface area contributed by atoms with Crippen molar-refractivity contribution in [3.05, 3.63) is 71.9 Å². The summed E-state index contributed by atoms with van der Waals surface area (Å²) in [7, 11) is 0. The molecular formula is C61H79F6N7O18. The maximum absolute atomic E-state index is 13.9. The Labute approximate surface area is 525 Å². The Morgan fingerprint density at radius 1 is 0.685 bits per heavy atom. The third kappa shape index (κ3) is 15.2. The third-order valence-corrected chi connectivity index (χ3v) is 17.7. The molecule has 0 saturated carbocycles. The molecule has 92 heavy (non-hydrogen) atoms. The van der Waals surface area contributed by atoms with Gasteiger partial charge in [0.25, 0.3) is 0 Å². The van der Waals surface area contributed by atoms with Crippen LogP contribution in [0.2, 0.25) is 0 Å². The Morgan fingerprint density at radius 3 is 2.11 bits per heavy atom. The van der Waals surface area contributed by atoms with E-state index >= 15 is 0 Å². The lowest BCUT2D eigenvalue weighted by molar-refractivity contribution is -0.267. The van der Waals surface area contributed by atoms with Gasteiger partial charge in [-0.3, -0.25) is 28.9 Å². The molecule has 8 aliphatic rings. The number of alkyl halides is 6. The average Bonchev–Trinajstić information content (AvgIpc) is 1.52. The first-order chi connectivity index (χ1) is 43.9. The number of aromatic nitrogens is 1. The van der Waals surface area contributed by atoms with Crippen molar-refractivity contribution in [3.63, 3.8) is 0 Å². The molecule has 5 N–H and O–H groups in total. The number of hydrogen-bond donors (Lipinski definition) is 5. The maximum Gasteiger partial charge on any atom is 0.471 e. The second kappa shape index (κ2) is 28.4. The minimum Gasteiger partial charge on any atom is -0.379 e. The molecule has 8 aliphatic heterocycles. The predicted molar refractivity (Wildman–Crippen MR) is 305 cm³/mol. The summed E-state index contributed by atoms with van der Waals surface area (Å²) in [4.78, 5) is 67.2. The van der Waals surface area contributed by atoms with Gasteiger partial charge in [0.05, 0.1) is 65.5 Å². The number of ether oxygens (including phenoxy) is 13. The minimum absolute atomic E-state index is 0.00404. The number of nitrogens with one attached hydrogen (secondary N) is 5. The smallest absolute Gasteiger partial charge is 0.379 e. The molecule has 14 atom stereocenters. The van der Waals surface area contributed by atoms with Crippen molar-refractivity contribution in [1.82, 2.24) is 36.1 Å². The Balaban J connectivity index is 0.736. The van der Waals surface area contributed by atoms with Crippen LogP contribution in [-0.4, -0.2) is 228 Å². The number of likely N-dealkylation sites (tertiary alicyclic amines) is 1. The molecule has 31 heteroatoms. The van der Waals surface area contributed by atoms with Gasteiger partial charge in [-0.05, 0) is 69.8 Å². The largest absolute Gasteiger partial charge is 0.471 e. The van der Waals surface area contributed by atoms with Crippen LogP contribution < -0.4 is 26.6 Å². The van der Waals surface area contributed by atoms with E-state index in [1.165, 1.54) is 38.3 Å². The van der Waals surface area contributed by atoms with Crippen LogP contribution in [0.5, 0.6) is 0 Å². The van der Waals surface area contributed by atoms with E-state index in [4.69, 9.17) is 61.6 Å². The van der Waals surface area contributed by atoms with Crippen LogP contribution in [0.25, 0.3) is 10.9 Å². The molecule has 9 heterocycles. The van der Waals surface area contributed by atoms with Crippen LogP contribution in [-0.2, 0) is 98.6 Å². The second-order valence-corrected chi connectivity index (χ2v) is 24.8.